The van der Waals surface area contributed by atoms with E-state index in [9.17, 15) is 9.59 Å². The zero-order valence-corrected chi connectivity index (χ0v) is 16.4. The molecule has 0 saturated carbocycles. The lowest BCUT2D eigenvalue weighted by molar-refractivity contribution is -0.121. The van der Waals surface area contributed by atoms with Gasteiger partial charge in [0.2, 0.25) is 5.91 Å². The highest BCUT2D eigenvalue weighted by Crippen LogP contribution is 2.21. The van der Waals surface area contributed by atoms with Crippen LogP contribution in [0, 0.1) is 6.92 Å². The van der Waals surface area contributed by atoms with Crippen molar-refractivity contribution in [3.05, 3.63) is 64.7 Å². The number of carbonyl (C=O) groups is 2. The van der Waals surface area contributed by atoms with E-state index in [0.717, 1.165) is 11.3 Å². The summed E-state index contributed by atoms with van der Waals surface area (Å²) in [6.45, 7) is 6.39. The van der Waals surface area contributed by atoms with E-state index in [0.29, 0.717) is 36.8 Å². The first kappa shape index (κ1) is 19.4. The average molecular weight is 386 g/mol. The summed E-state index contributed by atoms with van der Waals surface area (Å²) in [5.74, 6) is -0.0230. The van der Waals surface area contributed by atoms with Gasteiger partial charge < -0.3 is 10.2 Å². The molecule has 1 aliphatic heterocycles. The van der Waals surface area contributed by atoms with E-state index in [1.807, 2.05) is 55.1 Å². The number of anilines is 1. The lowest BCUT2D eigenvalue weighted by Gasteiger charge is -2.37. The van der Waals surface area contributed by atoms with Crippen LogP contribution < -0.4 is 5.32 Å². The molecule has 142 valence electrons. The second-order valence-corrected chi connectivity index (χ2v) is 7.26. The quantitative estimate of drug-likeness (QED) is 0.877. The van der Waals surface area contributed by atoms with Crippen LogP contribution in [-0.4, -0.2) is 53.8 Å². The van der Waals surface area contributed by atoms with Crippen LogP contribution in [0.25, 0.3) is 0 Å². The number of aryl methyl sites for hydroxylation is 1. The van der Waals surface area contributed by atoms with Gasteiger partial charge in [0, 0.05) is 42.5 Å². The summed E-state index contributed by atoms with van der Waals surface area (Å²) in [5, 5.41) is 3.56. The number of hydrogen-bond donors (Lipinski definition) is 1. The van der Waals surface area contributed by atoms with E-state index < -0.39 is 0 Å². The lowest BCUT2D eigenvalue weighted by Crippen LogP contribution is -2.54. The third-order valence-electron chi connectivity index (χ3n) is 5.01. The molecule has 0 spiro atoms. The van der Waals surface area contributed by atoms with Crippen LogP contribution in [0.5, 0.6) is 0 Å². The van der Waals surface area contributed by atoms with Crippen LogP contribution in [0.1, 0.15) is 22.8 Å². The molecule has 1 unspecified atom stereocenters. The molecule has 2 aromatic carbocycles. The summed E-state index contributed by atoms with van der Waals surface area (Å²) in [4.78, 5) is 29.1. The fourth-order valence-electron chi connectivity index (χ4n) is 3.21. The molecule has 1 heterocycles. The minimum atomic E-state index is -0.280. The molecule has 2 aromatic rings. The molecule has 6 heteroatoms. The van der Waals surface area contributed by atoms with E-state index in [2.05, 4.69) is 10.2 Å². The molecule has 3 rings (SSSR count). The molecule has 0 radical (unpaired) electrons. The zero-order valence-electron chi connectivity index (χ0n) is 15.6. The summed E-state index contributed by atoms with van der Waals surface area (Å²) in [6, 6.07) is 14.5. The maximum absolute atomic E-state index is 12.6. The Labute approximate surface area is 164 Å². The molecule has 1 atom stereocenters. The SMILES string of the molecule is Cc1ccc(Cl)cc1NC(=O)C(C)N1CCN(C(=O)c2ccccc2)CC1. The minimum Gasteiger partial charge on any atom is -0.336 e. The Balaban J connectivity index is 1.56. The Morgan fingerprint density at radius 1 is 1.04 bits per heavy atom. The molecular formula is C21H24ClN3O2. The van der Waals surface area contributed by atoms with Gasteiger partial charge in [-0.25, -0.2) is 0 Å². The van der Waals surface area contributed by atoms with Crippen molar-refractivity contribution in [3.8, 4) is 0 Å². The lowest BCUT2D eigenvalue weighted by atomic mass is 10.1. The Bertz CT molecular complexity index is 817. The highest BCUT2D eigenvalue weighted by molar-refractivity contribution is 6.31. The summed E-state index contributed by atoms with van der Waals surface area (Å²) < 4.78 is 0. The number of nitrogens with zero attached hydrogens (tertiary/aromatic N) is 2. The summed E-state index contributed by atoms with van der Waals surface area (Å²) in [7, 11) is 0. The predicted molar refractivity (Wildman–Crippen MR) is 108 cm³/mol. The van der Waals surface area contributed by atoms with Crippen LogP contribution in [-0.2, 0) is 4.79 Å². The molecule has 1 saturated heterocycles. The van der Waals surface area contributed by atoms with E-state index in [1.54, 1.807) is 12.1 Å². The van der Waals surface area contributed by atoms with Crippen molar-refractivity contribution in [2.75, 3.05) is 31.5 Å². The number of carbonyl (C=O) groups excluding carboxylic acids is 2. The van der Waals surface area contributed by atoms with Crippen molar-refractivity contribution in [1.29, 1.82) is 0 Å². The Hall–Kier alpha value is -2.37. The molecular weight excluding hydrogens is 362 g/mol. The van der Waals surface area contributed by atoms with Crippen molar-refractivity contribution in [2.24, 2.45) is 0 Å². The van der Waals surface area contributed by atoms with Gasteiger partial charge in [0.25, 0.3) is 5.91 Å². The minimum absolute atomic E-state index is 0.0434. The van der Waals surface area contributed by atoms with E-state index in [-0.39, 0.29) is 17.9 Å². The third kappa shape index (κ3) is 4.67. The van der Waals surface area contributed by atoms with Gasteiger partial charge in [-0.1, -0.05) is 35.9 Å². The number of amides is 2. The van der Waals surface area contributed by atoms with Crippen LogP contribution in [0.3, 0.4) is 0 Å². The van der Waals surface area contributed by atoms with Crippen molar-refractivity contribution in [1.82, 2.24) is 9.80 Å². The molecule has 0 aromatic heterocycles. The van der Waals surface area contributed by atoms with Crippen LogP contribution in [0.2, 0.25) is 5.02 Å². The third-order valence-corrected chi connectivity index (χ3v) is 5.24. The van der Waals surface area contributed by atoms with Gasteiger partial charge in [-0.3, -0.25) is 14.5 Å². The van der Waals surface area contributed by atoms with Gasteiger partial charge in [0.1, 0.15) is 0 Å². The molecule has 0 aliphatic carbocycles. The number of hydrogen-bond acceptors (Lipinski definition) is 3. The van der Waals surface area contributed by atoms with Crippen molar-refractivity contribution in [3.63, 3.8) is 0 Å². The number of nitrogens with one attached hydrogen (secondary N) is 1. The van der Waals surface area contributed by atoms with Gasteiger partial charge in [-0.2, -0.15) is 0 Å². The van der Waals surface area contributed by atoms with Crippen LogP contribution in [0.4, 0.5) is 5.69 Å². The largest absolute Gasteiger partial charge is 0.336 e. The maximum atomic E-state index is 12.6. The second kappa shape index (κ2) is 8.55. The topological polar surface area (TPSA) is 52.7 Å². The predicted octanol–water partition coefficient (Wildman–Crippen LogP) is 3.43. The number of piperazine rings is 1. The van der Waals surface area contributed by atoms with Crippen molar-refractivity contribution in [2.45, 2.75) is 19.9 Å². The van der Waals surface area contributed by atoms with Crippen LogP contribution >= 0.6 is 11.6 Å². The number of benzene rings is 2. The smallest absolute Gasteiger partial charge is 0.253 e. The first-order valence-electron chi connectivity index (χ1n) is 9.11. The van der Waals surface area contributed by atoms with Gasteiger partial charge in [-0.15, -0.1) is 0 Å². The summed E-state index contributed by atoms with van der Waals surface area (Å²) in [5.41, 5.74) is 2.41. The molecule has 1 fully saturated rings. The van der Waals surface area contributed by atoms with Crippen molar-refractivity contribution >= 4 is 29.1 Å². The van der Waals surface area contributed by atoms with Gasteiger partial charge in [0.15, 0.2) is 0 Å². The number of halogens is 1. The highest BCUT2D eigenvalue weighted by atomic mass is 35.5. The Morgan fingerprint density at radius 2 is 1.70 bits per heavy atom. The average Bonchev–Trinajstić information content (AvgIpc) is 2.70. The first-order valence-corrected chi connectivity index (χ1v) is 9.49. The highest BCUT2D eigenvalue weighted by Gasteiger charge is 2.28. The Morgan fingerprint density at radius 3 is 2.37 bits per heavy atom. The molecule has 2 amide bonds. The molecule has 1 N–H and O–H groups in total. The standard InChI is InChI=1S/C21H24ClN3O2/c1-15-8-9-18(22)14-19(15)23-20(26)16(2)24-10-12-25(13-11-24)21(27)17-6-4-3-5-7-17/h3-9,14,16H,10-13H2,1-2H3,(H,23,26). The van der Waals surface area contributed by atoms with E-state index >= 15 is 0 Å². The second-order valence-electron chi connectivity index (χ2n) is 6.82. The van der Waals surface area contributed by atoms with E-state index in [1.165, 1.54) is 0 Å². The first-order chi connectivity index (χ1) is 13.0. The Kier molecular flexibility index (Phi) is 6.14. The van der Waals surface area contributed by atoms with Gasteiger partial charge in [0.05, 0.1) is 6.04 Å². The van der Waals surface area contributed by atoms with Gasteiger partial charge >= 0.3 is 0 Å². The fraction of sp³-hybridized carbons (Fsp3) is 0.333. The van der Waals surface area contributed by atoms with Crippen molar-refractivity contribution < 1.29 is 9.59 Å². The molecule has 5 nitrogen and oxygen atoms in total. The van der Waals surface area contributed by atoms with Gasteiger partial charge in [-0.05, 0) is 43.7 Å². The molecule has 0 bridgehead atoms. The summed E-state index contributed by atoms with van der Waals surface area (Å²) >= 11 is 6.03. The molecule has 27 heavy (non-hydrogen) atoms. The fourth-order valence-corrected chi connectivity index (χ4v) is 3.38. The normalized spacial score (nSPS) is 16.0. The number of rotatable bonds is 4. The summed E-state index contributed by atoms with van der Waals surface area (Å²) in [6.07, 6.45) is 0. The monoisotopic (exact) mass is 385 g/mol. The van der Waals surface area contributed by atoms with E-state index in [4.69, 9.17) is 11.6 Å². The zero-order chi connectivity index (χ0) is 19.4. The molecule has 1 aliphatic rings. The maximum Gasteiger partial charge on any atom is 0.253 e. The van der Waals surface area contributed by atoms with Crippen LogP contribution in [0.15, 0.2) is 48.5 Å².